The van der Waals surface area contributed by atoms with Crippen LogP contribution in [0.1, 0.15) is 0 Å². The Hall–Kier alpha value is -1.02. The van der Waals surface area contributed by atoms with Crippen LogP contribution in [0.3, 0.4) is 0 Å². The van der Waals surface area contributed by atoms with Crippen LogP contribution in [0.2, 0.25) is 0 Å². The molecule has 2 aromatic rings. The van der Waals surface area contributed by atoms with Crippen LogP contribution in [-0.4, -0.2) is 8.42 Å². The molecule has 90 valence electrons. The van der Waals surface area contributed by atoms with Gasteiger partial charge in [-0.1, -0.05) is 17.8 Å². The van der Waals surface area contributed by atoms with E-state index in [1.54, 1.807) is 17.4 Å². The largest absolute Gasteiger partial charge is 0.399 e. The predicted octanol–water partition coefficient (Wildman–Crippen LogP) is 2.13. The molecule has 0 aliphatic heterocycles. The normalized spacial score (nSPS) is 11.6. The van der Waals surface area contributed by atoms with Crippen LogP contribution in [0.4, 0.5) is 5.69 Å². The topological polar surface area (TPSA) is 86.2 Å². The Bertz CT molecular complexity index is 621. The molecule has 0 radical (unpaired) electrons. The van der Waals surface area contributed by atoms with Gasteiger partial charge in [-0.15, -0.1) is 11.3 Å². The second kappa shape index (κ2) is 4.69. The summed E-state index contributed by atoms with van der Waals surface area (Å²) < 4.78 is 23.6. The monoisotopic (exact) mass is 286 g/mol. The summed E-state index contributed by atoms with van der Waals surface area (Å²) >= 11 is 3.04. The number of nitrogens with two attached hydrogens (primary N) is 2. The first-order chi connectivity index (χ1) is 7.95. The standard InChI is InChI=1S/C10H10N2O2S3/c11-7-4-8(16-10-2-1-3-15-10)6-9(5-7)17(12,13)14/h1-6H,11H2,(H2,12,13,14). The Kier molecular flexibility index (Phi) is 3.43. The summed E-state index contributed by atoms with van der Waals surface area (Å²) in [7, 11) is -3.72. The van der Waals surface area contributed by atoms with Crippen LogP contribution in [0.5, 0.6) is 0 Å². The summed E-state index contributed by atoms with van der Waals surface area (Å²) in [5, 5.41) is 7.03. The van der Waals surface area contributed by atoms with Gasteiger partial charge in [-0.3, -0.25) is 0 Å². The van der Waals surface area contributed by atoms with Gasteiger partial charge in [0.2, 0.25) is 10.0 Å². The molecule has 1 aromatic heterocycles. The summed E-state index contributed by atoms with van der Waals surface area (Å²) in [5.41, 5.74) is 6.04. The lowest BCUT2D eigenvalue weighted by atomic mass is 10.3. The molecule has 1 aromatic carbocycles. The SMILES string of the molecule is Nc1cc(Sc2cccs2)cc(S(N)(=O)=O)c1. The number of anilines is 1. The first-order valence-corrected chi connectivity index (χ1v) is 7.84. The lowest BCUT2D eigenvalue weighted by molar-refractivity contribution is 0.597. The fourth-order valence-electron chi connectivity index (χ4n) is 1.25. The number of sulfonamides is 1. The quantitative estimate of drug-likeness (QED) is 0.846. The minimum absolute atomic E-state index is 0.0385. The first-order valence-electron chi connectivity index (χ1n) is 4.60. The molecule has 2 rings (SSSR count). The highest BCUT2D eigenvalue weighted by molar-refractivity contribution is 8.01. The molecule has 0 atom stereocenters. The minimum atomic E-state index is -3.72. The third-order valence-electron chi connectivity index (χ3n) is 1.94. The molecule has 0 saturated heterocycles. The van der Waals surface area contributed by atoms with Gasteiger partial charge in [-0.05, 0) is 29.6 Å². The second-order valence-electron chi connectivity index (χ2n) is 3.32. The highest BCUT2D eigenvalue weighted by atomic mass is 32.2. The maximum absolute atomic E-state index is 11.3. The highest BCUT2D eigenvalue weighted by Gasteiger charge is 2.10. The second-order valence-corrected chi connectivity index (χ2v) is 7.20. The number of primary sulfonamides is 1. The van der Waals surface area contributed by atoms with E-state index in [-0.39, 0.29) is 4.90 Å². The van der Waals surface area contributed by atoms with Gasteiger partial charge in [0.15, 0.2) is 0 Å². The third-order valence-corrected chi connectivity index (χ3v) is 4.85. The van der Waals surface area contributed by atoms with E-state index in [1.165, 1.54) is 23.9 Å². The van der Waals surface area contributed by atoms with Crippen molar-refractivity contribution in [3.63, 3.8) is 0 Å². The summed E-state index contributed by atoms with van der Waals surface area (Å²) in [6.07, 6.45) is 0. The number of hydrogen-bond donors (Lipinski definition) is 2. The summed E-state index contributed by atoms with van der Waals surface area (Å²) in [6, 6.07) is 8.48. The number of thiophene rings is 1. The molecule has 0 aliphatic carbocycles. The fraction of sp³-hybridized carbons (Fsp3) is 0. The summed E-state index contributed by atoms with van der Waals surface area (Å²) in [6.45, 7) is 0. The Labute approximate surface area is 108 Å². The lowest BCUT2D eigenvalue weighted by Gasteiger charge is -2.04. The van der Waals surface area contributed by atoms with Gasteiger partial charge in [0, 0.05) is 10.6 Å². The van der Waals surface area contributed by atoms with Crippen molar-refractivity contribution in [1.29, 1.82) is 0 Å². The zero-order valence-corrected chi connectivity index (χ0v) is 11.1. The lowest BCUT2D eigenvalue weighted by Crippen LogP contribution is -2.12. The third kappa shape index (κ3) is 3.22. The van der Waals surface area contributed by atoms with Crippen molar-refractivity contribution in [3.05, 3.63) is 35.7 Å². The molecule has 4 N–H and O–H groups in total. The van der Waals surface area contributed by atoms with Gasteiger partial charge in [0.25, 0.3) is 0 Å². The van der Waals surface area contributed by atoms with Gasteiger partial charge >= 0.3 is 0 Å². The predicted molar refractivity (Wildman–Crippen MR) is 70.7 cm³/mol. The molecule has 0 saturated carbocycles. The van der Waals surface area contributed by atoms with Gasteiger partial charge in [0.1, 0.15) is 0 Å². The molecule has 0 aliphatic rings. The van der Waals surface area contributed by atoms with Crippen LogP contribution in [0, 0.1) is 0 Å². The molecule has 17 heavy (non-hydrogen) atoms. The molecule has 4 nitrogen and oxygen atoms in total. The van der Waals surface area contributed by atoms with Crippen molar-refractivity contribution in [2.75, 3.05) is 5.73 Å². The van der Waals surface area contributed by atoms with E-state index in [2.05, 4.69) is 0 Å². The fourth-order valence-corrected chi connectivity index (χ4v) is 3.78. The van der Waals surface area contributed by atoms with E-state index in [4.69, 9.17) is 10.9 Å². The van der Waals surface area contributed by atoms with Crippen molar-refractivity contribution >= 4 is 38.8 Å². The van der Waals surface area contributed by atoms with Crippen LogP contribution >= 0.6 is 23.1 Å². The maximum atomic E-state index is 11.3. The first kappa shape index (κ1) is 12.4. The molecular formula is C10H10N2O2S3. The van der Waals surface area contributed by atoms with Crippen LogP contribution in [-0.2, 0) is 10.0 Å². The maximum Gasteiger partial charge on any atom is 0.238 e. The molecule has 0 amide bonds. The molecule has 0 unspecified atom stereocenters. The minimum Gasteiger partial charge on any atom is -0.399 e. The molecule has 0 spiro atoms. The Morgan fingerprint density at radius 3 is 2.59 bits per heavy atom. The van der Waals surface area contributed by atoms with E-state index in [0.29, 0.717) is 5.69 Å². The van der Waals surface area contributed by atoms with E-state index in [0.717, 1.165) is 9.10 Å². The van der Waals surface area contributed by atoms with Gasteiger partial charge in [-0.2, -0.15) is 0 Å². The average molecular weight is 286 g/mol. The van der Waals surface area contributed by atoms with Crippen LogP contribution < -0.4 is 10.9 Å². The van der Waals surface area contributed by atoms with E-state index in [1.807, 2.05) is 17.5 Å². The Morgan fingerprint density at radius 1 is 1.24 bits per heavy atom. The zero-order valence-electron chi connectivity index (χ0n) is 8.66. The van der Waals surface area contributed by atoms with Gasteiger partial charge in [-0.25, -0.2) is 13.6 Å². The molecule has 0 bridgehead atoms. The number of hydrogen-bond acceptors (Lipinski definition) is 5. The van der Waals surface area contributed by atoms with Gasteiger partial charge in [0.05, 0.1) is 9.10 Å². The van der Waals surface area contributed by atoms with Crippen molar-refractivity contribution in [1.82, 2.24) is 0 Å². The van der Waals surface area contributed by atoms with Crippen molar-refractivity contribution in [2.45, 2.75) is 14.0 Å². The van der Waals surface area contributed by atoms with Crippen LogP contribution in [0.25, 0.3) is 0 Å². The number of benzene rings is 1. The van der Waals surface area contributed by atoms with Crippen molar-refractivity contribution < 1.29 is 8.42 Å². The van der Waals surface area contributed by atoms with E-state index < -0.39 is 10.0 Å². The smallest absolute Gasteiger partial charge is 0.238 e. The average Bonchev–Trinajstić information content (AvgIpc) is 2.68. The molecule has 0 fully saturated rings. The number of rotatable bonds is 3. The number of nitrogen functional groups attached to an aromatic ring is 1. The molecule has 7 heteroatoms. The summed E-state index contributed by atoms with van der Waals surface area (Å²) in [4.78, 5) is 0.799. The zero-order chi connectivity index (χ0) is 12.5. The Balaban J connectivity index is 2.39. The molecular weight excluding hydrogens is 276 g/mol. The summed E-state index contributed by atoms with van der Waals surface area (Å²) in [5.74, 6) is 0. The van der Waals surface area contributed by atoms with Crippen LogP contribution in [0.15, 0.2) is 49.7 Å². The van der Waals surface area contributed by atoms with Crippen molar-refractivity contribution in [2.24, 2.45) is 5.14 Å². The van der Waals surface area contributed by atoms with E-state index >= 15 is 0 Å². The van der Waals surface area contributed by atoms with E-state index in [9.17, 15) is 8.42 Å². The van der Waals surface area contributed by atoms with Crippen molar-refractivity contribution in [3.8, 4) is 0 Å². The Morgan fingerprint density at radius 2 is 2.00 bits per heavy atom. The molecule has 1 heterocycles. The highest BCUT2D eigenvalue weighted by Crippen LogP contribution is 2.33. The van der Waals surface area contributed by atoms with Gasteiger partial charge < -0.3 is 5.73 Å².